The quantitative estimate of drug-likeness (QED) is 0.534. The van der Waals surface area contributed by atoms with Crippen LogP contribution in [0.3, 0.4) is 0 Å². The van der Waals surface area contributed by atoms with Gasteiger partial charge in [0.25, 0.3) is 0 Å². The Morgan fingerprint density at radius 2 is 1.75 bits per heavy atom. The molecule has 5 rings (SSSR count). The van der Waals surface area contributed by atoms with Gasteiger partial charge in [-0.1, -0.05) is 30.3 Å². The molecule has 0 spiro atoms. The Kier molecular flexibility index (Phi) is 4.68. The molecular weight excluding hydrogens is 368 g/mol. The Morgan fingerprint density at radius 3 is 2.61 bits per heavy atom. The van der Waals surface area contributed by atoms with Crippen LogP contribution < -0.4 is 4.90 Å². The summed E-state index contributed by atoms with van der Waals surface area (Å²) < 4.78 is 0. The van der Waals surface area contributed by atoms with E-state index in [0.717, 1.165) is 55.3 Å². The fourth-order valence-corrected chi connectivity index (χ4v) is 4.41. The maximum Gasteiger partial charge on any atom is 0.164 e. The lowest BCUT2D eigenvalue weighted by Crippen LogP contribution is -2.46. The van der Waals surface area contributed by atoms with E-state index < -0.39 is 0 Å². The Labute approximate surface area is 167 Å². The number of piperazine rings is 1. The zero-order valence-corrected chi connectivity index (χ0v) is 16.2. The van der Waals surface area contributed by atoms with Crippen molar-refractivity contribution in [2.75, 3.05) is 31.1 Å². The Hall–Kier alpha value is -2.90. The number of pyridine rings is 1. The number of fused-ring (bicyclic) bond motifs is 1. The van der Waals surface area contributed by atoms with Gasteiger partial charge < -0.3 is 4.90 Å². The maximum atomic E-state index is 4.83. The SMILES string of the molecule is c1ccc(-c2csc(CN3CCN(c4ncnc5ncccc45)CC3)n2)cc1. The normalized spacial score (nSPS) is 15.2. The molecule has 0 N–H and O–H groups in total. The van der Waals surface area contributed by atoms with Gasteiger partial charge in [-0.25, -0.2) is 19.9 Å². The third kappa shape index (κ3) is 3.46. The van der Waals surface area contributed by atoms with E-state index in [1.807, 2.05) is 18.2 Å². The first-order valence-corrected chi connectivity index (χ1v) is 10.3. The van der Waals surface area contributed by atoms with Gasteiger partial charge in [-0.15, -0.1) is 11.3 Å². The molecule has 1 aliphatic rings. The molecular formula is C21H20N6S. The molecule has 0 bridgehead atoms. The van der Waals surface area contributed by atoms with Crippen LogP contribution in [0.1, 0.15) is 5.01 Å². The number of thiazole rings is 1. The van der Waals surface area contributed by atoms with E-state index in [9.17, 15) is 0 Å². The number of nitrogens with zero attached hydrogens (tertiary/aromatic N) is 6. The van der Waals surface area contributed by atoms with Crippen LogP contribution in [0.5, 0.6) is 0 Å². The second-order valence-corrected chi connectivity index (χ2v) is 7.77. The molecule has 0 aliphatic carbocycles. The Morgan fingerprint density at radius 1 is 0.893 bits per heavy atom. The Bertz CT molecular complexity index is 1070. The number of anilines is 1. The lowest BCUT2D eigenvalue weighted by molar-refractivity contribution is 0.249. The summed E-state index contributed by atoms with van der Waals surface area (Å²) in [6, 6.07) is 14.4. The number of hydrogen-bond donors (Lipinski definition) is 0. The molecule has 1 fully saturated rings. The lowest BCUT2D eigenvalue weighted by atomic mass is 10.2. The predicted molar refractivity (Wildman–Crippen MR) is 112 cm³/mol. The first-order valence-electron chi connectivity index (χ1n) is 9.40. The molecule has 0 saturated carbocycles. The van der Waals surface area contributed by atoms with E-state index in [2.05, 4.69) is 54.4 Å². The third-order valence-corrected chi connectivity index (χ3v) is 5.87. The van der Waals surface area contributed by atoms with Crippen molar-refractivity contribution in [3.8, 4) is 11.3 Å². The van der Waals surface area contributed by atoms with Crippen LogP contribution in [0.25, 0.3) is 22.3 Å². The van der Waals surface area contributed by atoms with E-state index in [1.165, 1.54) is 10.6 Å². The third-order valence-electron chi connectivity index (χ3n) is 5.04. The maximum absolute atomic E-state index is 4.83. The molecule has 0 radical (unpaired) electrons. The van der Waals surface area contributed by atoms with Crippen molar-refractivity contribution in [1.82, 2.24) is 24.8 Å². The highest BCUT2D eigenvalue weighted by molar-refractivity contribution is 7.09. The first-order chi connectivity index (χ1) is 13.9. The van der Waals surface area contributed by atoms with Crippen molar-refractivity contribution in [3.05, 3.63) is 65.4 Å². The summed E-state index contributed by atoms with van der Waals surface area (Å²) in [6.45, 7) is 4.77. The van der Waals surface area contributed by atoms with Gasteiger partial charge >= 0.3 is 0 Å². The topological polar surface area (TPSA) is 58.0 Å². The highest BCUT2D eigenvalue weighted by Gasteiger charge is 2.21. The van der Waals surface area contributed by atoms with E-state index >= 15 is 0 Å². The van der Waals surface area contributed by atoms with Gasteiger partial charge in [0.2, 0.25) is 0 Å². The number of aromatic nitrogens is 4. The molecule has 0 amide bonds. The second kappa shape index (κ2) is 7.61. The average Bonchev–Trinajstić information content (AvgIpc) is 3.23. The number of rotatable bonds is 4. The van der Waals surface area contributed by atoms with Crippen molar-refractivity contribution in [1.29, 1.82) is 0 Å². The summed E-state index contributed by atoms with van der Waals surface area (Å²) in [5.74, 6) is 0.985. The molecule has 28 heavy (non-hydrogen) atoms. The minimum Gasteiger partial charge on any atom is -0.353 e. The number of benzene rings is 1. The summed E-state index contributed by atoms with van der Waals surface area (Å²) in [5.41, 5.74) is 3.00. The molecule has 4 heterocycles. The zero-order valence-electron chi connectivity index (χ0n) is 15.4. The highest BCUT2D eigenvalue weighted by atomic mass is 32.1. The minimum atomic E-state index is 0.756. The standard InChI is InChI=1S/C21H20N6S/c1-2-5-16(6-3-1)18-14-28-19(25-18)13-26-9-11-27(12-10-26)21-17-7-4-8-22-20(17)23-15-24-21/h1-8,14-15H,9-13H2. The van der Waals surface area contributed by atoms with Crippen LogP contribution in [-0.2, 0) is 6.54 Å². The van der Waals surface area contributed by atoms with Crippen molar-refractivity contribution in [2.45, 2.75) is 6.54 Å². The fraction of sp³-hybridized carbons (Fsp3) is 0.238. The largest absolute Gasteiger partial charge is 0.353 e. The van der Waals surface area contributed by atoms with Gasteiger partial charge in [-0.2, -0.15) is 0 Å². The molecule has 1 aliphatic heterocycles. The Balaban J connectivity index is 1.25. The van der Waals surface area contributed by atoms with E-state index in [1.54, 1.807) is 23.9 Å². The summed E-state index contributed by atoms with van der Waals surface area (Å²) in [5, 5.41) is 4.34. The molecule has 0 atom stereocenters. The van der Waals surface area contributed by atoms with E-state index in [0.29, 0.717) is 0 Å². The van der Waals surface area contributed by atoms with E-state index in [4.69, 9.17) is 4.98 Å². The molecule has 6 nitrogen and oxygen atoms in total. The summed E-state index contributed by atoms with van der Waals surface area (Å²) >= 11 is 1.74. The smallest absolute Gasteiger partial charge is 0.164 e. The zero-order chi connectivity index (χ0) is 18.8. The summed E-state index contributed by atoms with van der Waals surface area (Å²) in [4.78, 5) is 22.8. The van der Waals surface area contributed by atoms with Crippen molar-refractivity contribution in [3.63, 3.8) is 0 Å². The average molecular weight is 389 g/mol. The summed E-state index contributed by atoms with van der Waals surface area (Å²) in [6.07, 6.45) is 3.38. The van der Waals surface area contributed by atoms with Crippen molar-refractivity contribution >= 4 is 28.2 Å². The van der Waals surface area contributed by atoms with Gasteiger partial charge in [-0.05, 0) is 12.1 Å². The van der Waals surface area contributed by atoms with E-state index in [-0.39, 0.29) is 0 Å². The van der Waals surface area contributed by atoms with Crippen LogP contribution in [0.4, 0.5) is 5.82 Å². The molecule has 140 valence electrons. The second-order valence-electron chi connectivity index (χ2n) is 6.83. The van der Waals surface area contributed by atoms with Crippen LogP contribution >= 0.6 is 11.3 Å². The van der Waals surface area contributed by atoms with Crippen LogP contribution in [0.15, 0.2) is 60.4 Å². The molecule has 3 aromatic heterocycles. The predicted octanol–water partition coefficient (Wildman–Crippen LogP) is 3.47. The van der Waals surface area contributed by atoms with Gasteiger partial charge in [0.15, 0.2) is 5.65 Å². The molecule has 1 saturated heterocycles. The monoisotopic (exact) mass is 388 g/mol. The van der Waals surface area contributed by atoms with Crippen LogP contribution in [0.2, 0.25) is 0 Å². The van der Waals surface area contributed by atoms with Crippen molar-refractivity contribution in [2.24, 2.45) is 0 Å². The van der Waals surface area contributed by atoms with Gasteiger partial charge in [-0.3, -0.25) is 4.90 Å². The first kappa shape index (κ1) is 17.2. The molecule has 4 aromatic rings. The fourth-order valence-electron chi connectivity index (χ4n) is 3.57. The van der Waals surface area contributed by atoms with Gasteiger partial charge in [0.05, 0.1) is 17.6 Å². The molecule has 0 unspecified atom stereocenters. The minimum absolute atomic E-state index is 0.756. The lowest BCUT2D eigenvalue weighted by Gasteiger charge is -2.35. The van der Waals surface area contributed by atoms with Crippen molar-refractivity contribution < 1.29 is 0 Å². The van der Waals surface area contributed by atoms with Gasteiger partial charge in [0.1, 0.15) is 17.2 Å². The van der Waals surface area contributed by atoms with Gasteiger partial charge in [0, 0.05) is 43.3 Å². The molecule has 7 heteroatoms. The van der Waals surface area contributed by atoms with Crippen LogP contribution in [0, 0.1) is 0 Å². The number of hydrogen-bond acceptors (Lipinski definition) is 7. The molecule has 1 aromatic carbocycles. The van der Waals surface area contributed by atoms with Crippen LogP contribution in [-0.4, -0.2) is 51.0 Å². The highest BCUT2D eigenvalue weighted by Crippen LogP contribution is 2.25. The summed E-state index contributed by atoms with van der Waals surface area (Å²) in [7, 11) is 0.